The van der Waals surface area contributed by atoms with Crippen LogP contribution in [0.5, 0.6) is 0 Å². The average molecular weight is 212 g/mol. The van der Waals surface area contributed by atoms with Crippen molar-refractivity contribution in [2.75, 3.05) is 12.8 Å². The highest BCUT2D eigenvalue weighted by molar-refractivity contribution is 6.76. The highest BCUT2D eigenvalue weighted by Crippen LogP contribution is 2.00. The molecule has 0 unspecified atom stereocenters. The number of rotatable bonds is 5. The zero-order valence-corrected chi connectivity index (χ0v) is 10.6. The lowest BCUT2D eigenvalue weighted by atomic mass is 10.5. The Hall–Kier alpha value is -0.613. The minimum absolute atomic E-state index is 0.769. The van der Waals surface area contributed by atoms with Crippen molar-refractivity contribution in [3.05, 3.63) is 18.0 Å². The molecule has 0 spiro atoms. The molecule has 0 saturated heterocycles. The van der Waals surface area contributed by atoms with Crippen LogP contribution in [0.3, 0.4) is 0 Å². The molecule has 0 aliphatic rings. The Morgan fingerprint density at radius 3 is 2.64 bits per heavy atom. The molecular weight excluding hydrogens is 192 g/mol. The van der Waals surface area contributed by atoms with Gasteiger partial charge in [0.25, 0.3) is 0 Å². The van der Waals surface area contributed by atoms with Crippen LogP contribution in [0, 0.1) is 6.92 Å². The Morgan fingerprint density at radius 2 is 2.14 bits per heavy atom. The van der Waals surface area contributed by atoms with Crippen molar-refractivity contribution < 1.29 is 4.74 Å². The van der Waals surface area contributed by atoms with E-state index in [1.165, 1.54) is 0 Å². The monoisotopic (exact) mass is 212 g/mol. The van der Waals surface area contributed by atoms with E-state index in [-0.39, 0.29) is 0 Å². The molecule has 3 nitrogen and oxygen atoms in total. The van der Waals surface area contributed by atoms with Gasteiger partial charge in [-0.25, -0.2) is 0 Å². The summed E-state index contributed by atoms with van der Waals surface area (Å²) in [6, 6.07) is 2.01. The Balaban J connectivity index is 2.16. The van der Waals surface area contributed by atoms with Crippen molar-refractivity contribution in [2.24, 2.45) is 0 Å². The standard InChI is InChI=1S/C10H20N2OSi/c1-10-5-6-12(11-10)7-8-13-9-14(2,3)4/h5-6H,7-9H2,1-4H3. The van der Waals surface area contributed by atoms with E-state index in [2.05, 4.69) is 24.7 Å². The zero-order valence-electron chi connectivity index (χ0n) is 9.58. The van der Waals surface area contributed by atoms with Gasteiger partial charge in [0.05, 0.1) is 26.9 Å². The highest BCUT2D eigenvalue weighted by atomic mass is 28.3. The molecule has 0 radical (unpaired) electrons. The van der Waals surface area contributed by atoms with Crippen LogP contribution in [0.2, 0.25) is 19.6 Å². The van der Waals surface area contributed by atoms with Crippen molar-refractivity contribution >= 4 is 8.07 Å². The lowest BCUT2D eigenvalue weighted by Gasteiger charge is -2.15. The van der Waals surface area contributed by atoms with Gasteiger partial charge in [-0.15, -0.1) is 0 Å². The first kappa shape index (κ1) is 11.5. The number of hydrogen-bond donors (Lipinski definition) is 0. The van der Waals surface area contributed by atoms with Crippen LogP contribution in [0.1, 0.15) is 5.69 Å². The molecule has 1 aromatic heterocycles. The van der Waals surface area contributed by atoms with Crippen LogP contribution in [0.15, 0.2) is 12.3 Å². The third-order valence-corrected chi connectivity index (χ3v) is 2.84. The van der Waals surface area contributed by atoms with Gasteiger partial charge in [0.2, 0.25) is 0 Å². The Bertz CT molecular complexity index is 278. The van der Waals surface area contributed by atoms with Gasteiger partial charge in [-0.2, -0.15) is 5.10 Å². The van der Waals surface area contributed by atoms with Gasteiger partial charge < -0.3 is 4.74 Å². The van der Waals surface area contributed by atoms with E-state index in [1.54, 1.807) is 0 Å². The fourth-order valence-corrected chi connectivity index (χ4v) is 1.88. The Morgan fingerprint density at radius 1 is 1.43 bits per heavy atom. The minimum Gasteiger partial charge on any atom is -0.383 e. The SMILES string of the molecule is Cc1ccn(CCOC[Si](C)(C)C)n1. The average Bonchev–Trinajstić information content (AvgIpc) is 2.44. The summed E-state index contributed by atoms with van der Waals surface area (Å²) in [6.45, 7) is 10.6. The molecule has 4 heteroatoms. The van der Waals surface area contributed by atoms with Gasteiger partial charge in [0.1, 0.15) is 0 Å². The van der Waals surface area contributed by atoms with E-state index in [0.29, 0.717) is 0 Å². The maximum absolute atomic E-state index is 5.61. The minimum atomic E-state index is -1.04. The summed E-state index contributed by atoms with van der Waals surface area (Å²) in [4.78, 5) is 0. The lowest BCUT2D eigenvalue weighted by molar-refractivity contribution is 0.160. The molecular formula is C10H20N2OSi. The summed E-state index contributed by atoms with van der Waals surface area (Å²) >= 11 is 0. The molecule has 0 atom stereocenters. The number of hydrogen-bond acceptors (Lipinski definition) is 2. The maximum Gasteiger partial charge on any atom is 0.0746 e. The number of ether oxygens (including phenoxy) is 1. The van der Waals surface area contributed by atoms with E-state index in [1.807, 2.05) is 23.9 Å². The largest absolute Gasteiger partial charge is 0.383 e. The Labute approximate surface area is 87.1 Å². The third-order valence-electron chi connectivity index (χ3n) is 1.77. The summed E-state index contributed by atoms with van der Waals surface area (Å²) in [7, 11) is -1.04. The summed E-state index contributed by atoms with van der Waals surface area (Å²) in [5, 5.41) is 4.29. The van der Waals surface area contributed by atoms with Gasteiger partial charge in [-0.3, -0.25) is 4.68 Å². The maximum atomic E-state index is 5.61. The molecule has 0 amide bonds. The predicted molar refractivity (Wildman–Crippen MR) is 61.1 cm³/mol. The number of nitrogens with zero attached hydrogens (tertiary/aromatic N) is 2. The second-order valence-corrected chi connectivity index (χ2v) is 10.2. The molecule has 0 N–H and O–H groups in total. The Kier molecular flexibility index (Phi) is 3.89. The first-order chi connectivity index (χ1) is 6.47. The molecule has 0 bridgehead atoms. The van der Waals surface area contributed by atoms with E-state index in [0.717, 1.165) is 25.1 Å². The first-order valence-electron chi connectivity index (χ1n) is 5.05. The van der Waals surface area contributed by atoms with E-state index in [9.17, 15) is 0 Å². The van der Waals surface area contributed by atoms with Gasteiger partial charge >= 0.3 is 0 Å². The van der Waals surface area contributed by atoms with Crippen LogP contribution in [0.4, 0.5) is 0 Å². The molecule has 0 aliphatic heterocycles. The molecule has 1 heterocycles. The predicted octanol–water partition coefficient (Wildman–Crippen LogP) is 2.09. The molecule has 14 heavy (non-hydrogen) atoms. The molecule has 1 rings (SSSR count). The summed E-state index contributed by atoms with van der Waals surface area (Å²) in [5.41, 5.74) is 1.06. The quantitative estimate of drug-likeness (QED) is 0.552. The van der Waals surface area contributed by atoms with Crippen molar-refractivity contribution in [3.8, 4) is 0 Å². The van der Waals surface area contributed by atoms with Crippen molar-refractivity contribution in [1.82, 2.24) is 9.78 Å². The van der Waals surface area contributed by atoms with Crippen molar-refractivity contribution in [3.63, 3.8) is 0 Å². The molecule has 1 aromatic rings. The van der Waals surface area contributed by atoms with Gasteiger partial charge in [0.15, 0.2) is 0 Å². The molecule has 0 aromatic carbocycles. The summed E-state index contributed by atoms with van der Waals surface area (Å²) in [6.07, 6.45) is 2.93. The highest BCUT2D eigenvalue weighted by Gasteiger charge is 2.12. The second-order valence-electron chi connectivity index (χ2n) is 4.83. The van der Waals surface area contributed by atoms with E-state index < -0.39 is 8.07 Å². The molecule has 80 valence electrons. The third kappa shape index (κ3) is 4.57. The van der Waals surface area contributed by atoms with Gasteiger partial charge in [0, 0.05) is 12.4 Å². The molecule has 0 saturated carbocycles. The van der Waals surface area contributed by atoms with Crippen LogP contribution in [-0.2, 0) is 11.3 Å². The number of aromatic nitrogens is 2. The van der Waals surface area contributed by atoms with E-state index >= 15 is 0 Å². The zero-order chi connectivity index (χ0) is 10.6. The smallest absolute Gasteiger partial charge is 0.0746 e. The number of aryl methyl sites for hydroxylation is 1. The van der Waals surface area contributed by atoms with E-state index in [4.69, 9.17) is 4.74 Å². The van der Waals surface area contributed by atoms with Gasteiger partial charge in [-0.05, 0) is 13.0 Å². The topological polar surface area (TPSA) is 27.1 Å². The molecule has 0 fully saturated rings. The van der Waals surface area contributed by atoms with Crippen molar-refractivity contribution in [1.29, 1.82) is 0 Å². The first-order valence-corrected chi connectivity index (χ1v) is 8.76. The fraction of sp³-hybridized carbons (Fsp3) is 0.700. The van der Waals surface area contributed by atoms with Gasteiger partial charge in [-0.1, -0.05) is 19.6 Å². The normalized spacial score (nSPS) is 12.0. The van der Waals surface area contributed by atoms with Crippen molar-refractivity contribution in [2.45, 2.75) is 33.1 Å². The lowest BCUT2D eigenvalue weighted by Crippen LogP contribution is -2.29. The van der Waals surface area contributed by atoms with Crippen LogP contribution in [0.25, 0.3) is 0 Å². The van der Waals surface area contributed by atoms with Crippen LogP contribution >= 0.6 is 0 Å². The van der Waals surface area contributed by atoms with Crippen LogP contribution in [-0.4, -0.2) is 30.7 Å². The second kappa shape index (κ2) is 4.75. The summed E-state index contributed by atoms with van der Waals surface area (Å²) in [5.74, 6) is 0. The van der Waals surface area contributed by atoms with Crippen LogP contribution < -0.4 is 0 Å². The fourth-order valence-electron chi connectivity index (χ4n) is 1.12. The summed E-state index contributed by atoms with van der Waals surface area (Å²) < 4.78 is 7.54. The molecule has 0 aliphatic carbocycles.